The summed E-state index contributed by atoms with van der Waals surface area (Å²) in [5, 5.41) is 0. The molecule has 0 aliphatic carbocycles. The van der Waals surface area contributed by atoms with Crippen LogP contribution < -0.4 is 4.72 Å². The Morgan fingerprint density at radius 3 is 2.55 bits per heavy atom. The number of hydrogen-bond donors (Lipinski definition) is 1. The van der Waals surface area contributed by atoms with Gasteiger partial charge in [-0.05, 0) is 52.1 Å². The van der Waals surface area contributed by atoms with E-state index in [0.29, 0.717) is 19.1 Å². The van der Waals surface area contributed by atoms with Crippen molar-refractivity contribution < 1.29 is 8.42 Å². The van der Waals surface area contributed by atoms with Crippen molar-refractivity contribution in [3.05, 3.63) is 0 Å². The number of rotatable bonds is 7. The lowest BCUT2D eigenvalue weighted by atomic mass is 10.0. The second kappa shape index (κ2) is 8.62. The van der Waals surface area contributed by atoms with E-state index in [9.17, 15) is 8.42 Å². The zero-order chi connectivity index (χ0) is 16.0. The molecule has 2 fully saturated rings. The maximum atomic E-state index is 12.6. The molecule has 0 aromatic rings. The molecule has 0 bridgehead atoms. The van der Waals surface area contributed by atoms with Crippen LogP contribution in [0.3, 0.4) is 0 Å². The van der Waals surface area contributed by atoms with Crippen LogP contribution in [-0.2, 0) is 10.2 Å². The molecule has 1 N–H and O–H groups in total. The first-order valence-corrected chi connectivity index (χ1v) is 10.5. The van der Waals surface area contributed by atoms with Crippen LogP contribution in [0, 0.1) is 0 Å². The predicted molar refractivity (Wildman–Crippen MR) is 91.1 cm³/mol. The van der Waals surface area contributed by atoms with E-state index < -0.39 is 10.2 Å². The van der Waals surface area contributed by atoms with Gasteiger partial charge in [-0.2, -0.15) is 12.7 Å². The Morgan fingerprint density at radius 1 is 1.09 bits per heavy atom. The van der Waals surface area contributed by atoms with Crippen molar-refractivity contribution in [2.24, 2.45) is 0 Å². The van der Waals surface area contributed by atoms with Crippen molar-refractivity contribution in [3.8, 4) is 0 Å². The molecule has 22 heavy (non-hydrogen) atoms. The molecular formula is C16H33N3O2S. The lowest BCUT2D eigenvalue weighted by Crippen LogP contribution is -2.52. The second-order valence-corrected chi connectivity index (χ2v) is 8.56. The molecule has 2 heterocycles. The molecule has 0 radical (unpaired) electrons. The van der Waals surface area contributed by atoms with Gasteiger partial charge in [0.05, 0.1) is 0 Å². The van der Waals surface area contributed by atoms with Crippen LogP contribution >= 0.6 is 0 Å². The molecule has 0 saturated carbocycles. The number of hydrogen-bond acceptors (Lipinski definition) is 3. The maximum Gasteiger partial charge on any atom is 0.279 e. The molecule has 0 spiro atoms. The number of nitrogens with one attached hydrogen (secondary N) is 1. The van der Waals surface area contributed by atoms with Gasteiger partial charge in [0.2, 0.25) is 0 Å². The normalized spacial score (nSPS) is 28.8. The minimum Gasteiger partial charge on any atom is -0.299 e. The fourth-order valence-corrected chi connectivity index (χ4v) is 5.18. The van der Waals surface area contributed by atoms with Gasteiger partial charge in [0.1, 0.15) is 0 Å². The lowest BCUT2D eigenvalue weighted by molar-refractivity contribution is 0.147. The van der Waals surface area contributed by atoms with Crippen LogP contribution in [-0.4, -0.2) is 55.9 Å². The third-order valence-electron chi connectivity index (χ3n) is 5.10. The molecule has 2 rings (SSSR count). The monoisotopic (exact) mass is 331 g/mol. The van der Waals surface area contributed by atoms with Gasteiger partial charge in [-0.3, -0.25) is 4.90 Å². The molecule has 2 unspecified atom stereocenters. The zero-order valence-electron chi connectivity index (χ0n) is 14.3. The second-order valence-electron chi connectivity index (χ2n) is 6.85. The minimum absolute atomic E-state index is 0.133. The number of unbranched alkanes of at least 4 members (excludes halogenated alkanes) is 1. The van der Waals surface area contributed by atoms with Crippen LogP contribution in [0.4, 0.5) is 0 Å². The summed E-state index contributed by atoms with van der Waals surface area (Å²) in [6.07, 6.45) is 9.07. The number of piperidine rings is 2. The first-order valence-electron chi connectivity index (χ1n) is 9.05. The lowest BCUT2D eigenvalue weighted by Gasteiger charge is -2.37. The van der Waals surface area contributed by atoms with Crippen molar-refractivity contribution >= 4 is 10.2 Å². The van der Waals surface area contributed by atoms with Gasteiger partial charge in [-0.25, -0.2) is 4.72 Å². The molecule has 2 aliphatic rings. The van der Waals surface area contributed by atoms with Crippen LogP contribution in [0.5, 0.6) is 0 Å². The Balaban J connectivity index is 1.88. The first kappa shape index (κ1) is 18.2. The van der Waals surface area contributed by atoms with Crippen molar-refractivity contribution in [2.45, 2.75) is 77.3 Å². The summed E-state index contributed by atoms with van der Waals surface area (Å²) in [7, 11) is -3.32. The van der Waals surface area contributed by atoms with E-state index in [1.54, 1.807) is 4.31 Å². The molecule has 0 amide bonds. The molecular weight excluding hydrogens is 298 g/mol. The summed E-state index contributed by atoms with van der Waals surface area (Å²) in [5.74, 6) is 0. The molecule has 0 aromatic carbocycles. The van der Waals surface area contributed by atoms with Gasteiger partial charge >= 0.3 is 0 Å². The van der Waals surface area contributed by atoms with E-state index in [1.165, 1.54) is 25.7 Å². The Morgan fingerprint density at radius 2 is 1.82 bits per heavy atom. The summed E-state index contributed by atoms with van der Waals surface area (Å²) in [6.45, 7) is 7.68. The average molecular weight is 332 g/mol. The van der Waals surface area contributed by atoms with Gasteiger partial charge in [0.25, 0.3) is 10.2 Å². The summed E-state index contributed by atoms with van der Waals surface area (Å²) >= 11 is 0. The van der Waals surface area contributed by atoms with Crippen molar-refractivity contribution in [2.75, 3.05) is 26.2 Å². The third kappa shape index (κ3) is 4.91. The molecule has 2 atom stereocenters. The van der Waals surface area contributed by atoms with Gasteiger partial charge in [-0.15, -0.1) is 0 Å². The van der Waals surface area contributed by atoms with Crippen molar-refractivity contribution in [3.63, 3.8) is 0 Å². The quantitative estimate of drug-likeness (QED) is 0.779. The third-order valence-corrected chi connectivity index (χ3v) is 6.79. The molecule has 130 valence electrons. The van der Waals surface area contributed by atoms with Crippen LogP contribution in [0.2, 0.25) is 0 Å². The van der Waals surface area contributed by atoms with Gasteiger partial charge in [0, 0.05) is 25.2 Å². The van der Waals surface area contributed by atoms with Gasteiger partial charge < -0.3 is 0 Å². The fraction of sp³-hybridized carbons (Fsp3) is 1.00. The summed E-state index contributed by atoms with van der Waals surface area (Å²) in [5.41, 5.74) is 0. The first-order chi connectivity index (χ1) is 10.5. The topological polar surface area (TPSA) is 52.7 Å². The molecule has 6 heteroatoms. The summed E-state index contributed by atoms with van der Waals surface area (Å²) < 4.78 is 29.7. The Bertz CT molecular complexity index is 427. The highest BCUT2D eigenvalue weighted by Gasteiger charge is 2.31. The highest BCUT2D eigenvalue weighted by atomic mass is 32.2. The van der Waals surface area contributed by atoms with E-state index in [-0.39, 0.29) is 6.04 Å². The molecule has 2 saturated heterocycles. The smallest absolute Gasteiger partial charge is 0.279 e. The molecule has 5 nitrogen and oxygen atoms in total. The standard InChI is InChI=1S/C16H33N3O2S/c1-3-4-11-18-12-7-6-10-16(18)14-17-22(20,21)19-13-8-5-9-15(19)2/h15-17H,3-14H2,1-2H3. The number of likely N-dealkylation sites (tertiary alicyclic amines) is 1. The number of nitrogens with zero attached hydrogens (tertiary/aromatic N) is 2. The molecule has 0 aromatic heterocycles. The van der Waals surface area contributed by atoms with E-state index in [0.717, 1.165) is 38.8 Å². The largest absolute Gasteiger partial charge is 0.299 e. The van der Waals surface area contributed by atoms with E-state index in [1.807, 2.05) is 6.92 Å². The highest BCUT2D eigenvalue weighted by Crippen LogP contribution is 2.20. The van der Waals surface area contributed by atoms with Crippen LogP contribution in [0.1, 0.15) is 65.2 Å². The van der Waals surface area contributed by atoms with E-state index in [4.69, 9.17) is 0 Å². The maximum absolute atomic E-state index is 12.6. The molecule has 2 aliphatic heterocycles. The van der Waals surface area contributed by atoms with Gasteiger partial charge in [-0.1, -0.05) is 26.2 Å². The fourth-order valence-electron chi connectivity index (χ4n) is 3.66. The van der Waals surface area contributed by atoms with Crippen LogP contribution in [0.15, 0.2) is 0 Å². The highest BCUT2D eigenvalue weighted by molar-refractivity contribution is 7.87. The Kier molecular flexibility index (Phi) is 7.12. The van der Waals surface area contributed by atoms with Crippen molar-refractivity contribution in [1.82, 2.24) is 13.9 Å². The van der Waals surface area contributed by atoms with E-state index >= 15 is 0 Å². The summed E-state index contributed by atoms with van der Waals surface area (Å²) in [4.78, 5) is 2.48. The van der Waals surface area contributed by atoms with E-state index in [2.05, 4.69) is 16.5 Å². The Hall–Kier alpha value is -0.170. The van der Waals surface area contributed by atoms with Crippen molar-refractivity contribution in [1.29, 1.82) is 0 Å². The van der Waals surface area contributed by atoms with Crippen LogP contribution in [0.25, 0.3) is 0 Å². The zero-order valence-corrected chi connectivity index (χ0v) is 15.1. The summed E-state index contributed by atoms with van der Waals surface area (Å²) in [6, 6.07) is 0.504. The average Bonchev–Trinajstić information content (AvgIpc) is 2.52. The minimum atomic E-state index is -3.32. The van der Waals surface area contributed by atoms with Gasteiger partial charge in [0.15, 0.2) is 0 Å². The Labute approximate surface area is 136 Å². The predicted octanol–water partition coefficient (Wildman–Crippen LogP) is 2.35. The SMILES string of the molecule is CCCCN1CCCCC1CNS(=O)(=O)N1CCCCC1C.